The van der Waals surface area contributed by atoms with E-state index in [2.05, 4.69) is 20.4 Å². The van der Waals surface area contributed by atoms with Gasteiger partial charge >= 0.3 is 6.09 Å². The number of amides is 1. The highest BCUT2D eigenvalue weighted by atomic mass is 17.1. The first-order chi connectivity index (χ1) is 20.8. The molecule has 224 valence electrons. The summed E-state index contributed by atoms with van der Waals surface area (Å²) in [5, 5.41) is 16.8. The molecule has 8 rings (SSSR count). The van der Waals surface area contributed by atoms with Crippen molar-refractivity contribution in [2.75, 3.05) is 13.1 Å². The molecule has 0 radical (unpaired) electrons. The highest BCUT2D eigenvalue weighted by Gasteiger charge is 2.75. The van der Waals surface area contributed by atoms with Crippen LogP contribution < -0.4 is 14.9 Å². The monoisotopic (exact) mass is 586 g/mol. The third-order valence-corrected chi connectivity index (χ3v) is 10.3. The van der Waals surface area contributed by atoms with E-state index in [1.807, 2.05) is 36.4 Å². The third-order valence-electron chi connectivity index (χ3n) is 10.3. The van der Waals surface area contributed by atoms with Gasteiger partial charge < -0.3 is 24.2 Å². The predicted octanol–water partition coefficient (Wildman–Crippen LogP) is 4.39. The van der Waals surface area contributed by atoms with Crippen LogP contribution in [-0.2, 0) is 26.9 Å². The fraction of sp³-hybridized carbons (Fsp3) is 0.500. The van der Waals surface area contributed by atoms with Crippen molar-refractivity contribution < 1.29 is 33.7 Å². The lowest BCUT2D eigenvalue weighted by Crippen LogP contribution is -2.78. The smallest absolute Gasteiger partial charge is 0.408 e. The van der Waals surface area contributed by atoms with Crippen molar-refractivity contribution in [3.05, 3.63) is 59.5 Å². The molecular formula is C32H34N4O7. The molecule has 3 heterocycles. The van der Waals surface area contributed by atoms with E-state index < -0.39 is 28.8 Å². The van der Waals surface area contributed by atoms with Gasteiger partial charge in [0.2, 0.25) is 11.6 Å². The van der Waals surface area contributed by atoms with Crippen molar-refractivity contribution in [3.63, 3.8) is 0 Å². The summed E-state index contributed by atoms with van der Waals surface area (Å²) in [5.41, 5.74) is -0.292. The van der Waals surface area contributed by atoms with E-state index >= 15 is 0 Å². The maximum atomic E-state index is 14.0. The lowest BCUT2D eigenvalue weighted by Gasteiger charge is -2.63. The fourth-order valence-corrected chi connectivity index (χ4v) is 8.19. The summed E-state index contributed by atoms with van der Waals surface area (Å²) < 4.78 is 18.6. The van der Waals surface area contributed by atoms with Crippen molar-refractivity contribution in [1.29, 1.82) is 0 Å². The number of ketones is 1. The van der Waals surface area contributed by atoms with Crippen LogP contribution in [0.25, 0.3) is 11.4 Å². The van der Waals surface area contributed by atoms with Crippen LogP contribution >= 0.6 is 0 Å². The summed E-state index contributed by atoms with van der Waals surface area (Å²) in [6.07, 6.45) is 2.77. The summed E-state index contributed by atoms with van der Waals surface area (Å²) >= 11 is 0. The number of alkyl carbamates (subject to hydrolysis) is 1. The zero-order valence-corrected chi connectivity index (χ0v) is 24.2. The first kappa shape index (κ1) is 26.7. The van der Waals surface area contributed by atoms with E-state index in [9.17, 15) is 14.8 Å². The molecule has 11 nitrogen and oxygen atoms in total. The lowest BCUT2D eigenvalue weighted by atomic mass is 9.48. The Bertz CT molecular complexity index is 1620. The number of hydrogen-bond donors (Lipinski definition) is 2. The van der Waals surface area contributed by atoms with Crippen molar-refractivity contribution >= 4 is 11.9 Å². The van der Waals surface area contributed by atoms with E-state index in [0.717, 1.165) is 29.8 Å². The van der Waals surface area contributed by atoms with E-state index in [4.69, 9.17) is 18.9 Å². The zero-order chi connectivity index (χ0) is 29.6. The minimum absolute atomic E-state index is 0.0263. The second-order valence-electron chi connectivity index (χ2n) is 13.2. The topological polar surface area (TPSA) is 136 Å². The van der Waals surface area contributed by atoms with Crippen molar-refractivity contribution in [3.8, 4) is 22.9 Å². The van der Waals surface area contributed by atoms with Crippen LogP contribution in [0.2, 0.25) is 0 Å². The Morgan fingerprint density at radius 2 is 2.00 bits per heavy atom. The standard InChI is InChI=1S/C32H34N4O7/c1-30(2,28-33-27(35-42-28)19-6-4-3-5-7-19)34-29(38)41-32-13-12-21(37)26-31(32)14-15-36(17-18-8-9-18)23(32)16-20-10-11-22(43-39)25(40-26)24(20)31/h3-7,10-11,18,23,26,39H,8-9,12-17H2,1-2H3,(H,34,38)/t23-,26+,31+,32-/m1/s1. The summed E-state index contributed by atoms with van der Waals surface area (Å²) in [5.74, 6) is 1.83. The number of piperidine rings is 1. The largest absolute Gasteiger partial charge is 0.477 e. The van der Waals surface area contributed by atoms with Gasteiger partial charge in [-0.15, -0.1) is 0 Å². The number of nitrogens with zero attached hydrogens (tertiary/aromatic N) is 3. The van der Waals surface area contributed by atoms with Crippen LogP contribution in [0.15, 0.2) is 47.0 Å². The quantitative estimate of drug-likeness (QED) is 0.303. The number of benzene rings is 2. The minimum atomic E-state index is -1.04. The highest BCUT2D eigenvalue weighted by Crippen LogP contribution is 2.66. The first-order valence-corrected chi connectivity index (χ1v) is 15.1. The molecule has 11 heteroatoms. The van der Waals surface area contributed by atoms with Gasteiger partial charge in [-0.25, -0.2) is 10.1 Å². The Labute approximate surface area is 248 Å². The summed E-state index contributed by atoms with van der Waals surface area (Å²) in [6, 6.07) is 13.0. The molecule has 1 amide bonds. The number of nitrogens with one attached hydrogen (secondary N) is 1. The number of aromatic nitrogens is 2. The van der Waals surface area contributed by atoms with Gasteiger partial charge in [-0.05, 0) is 70.0 Å². The Balaban J connectivity index is 1.17. The molecule has 3 aromatic rings. The molecule has 3 fully saturated rings. The second kappa shape index (κ2) is 9.27. The fourth-order valence-electron chi connectivity index (χ4n) is 8.19. The Morgan fingerprint density at radius 1 is 1.19 bits per heavy atom. The summed E-state index contributed by atoms with van der Waals surface area (Å²) in [4.78, 5) is 39.3. The highest BCUT2D eigenvalue weighted by molar-refractivity contribution is 5.90. The maximum Gasteiger partial charge on any atom is 0.408 e. The number of rotatable bonds is 7. The second-order valence-corrected chi connectivity index (χ2v) is 13.2. The van der Waals surface area contributed by atoms with Gasteiger partial charge in [0.1, 0.15) is 11.1 Å². The van der Waals surface area contributed by atoms with Crippen LogP contribution in [0.4, 0.5) is 4.79 Å². The van der Waals surface area contributed by atoms with E-state index in [1.165, 1.54) is 12.8 Å². The number of hydrogen-bond acceptors (Lipinski definition) is 10. The van der Waals surface area contributed by atoms with Gasteiger partial charge in [0.25, 0.3) is 5.89 Å². The summed E-state index contributed by atoms with van der Waals surface area (Å²) in [7, 11) is 0. The van der Waals surface area contributed by atoms with Crippen LogP contribution in [0.1, 0.15) is 63.0 Å². The molecule has 2 N–H and O–H groups in total. The van der Waals surface area contributed by atoms with Crippen molar-refractivity contribution in [2.45, 2.75) is 81.1 Å². The maximum absolute atomic E-state index is 14.0. The Hall–Kier alpha value is -3.96. The predicted molar refractivity (Wildman–Crippen MR) is 152 cm³/mol. The van der Waals surface area contributed by atoms with E-state index in [-0.39, 0.29) is 29.9 Å². The average Bonchev–Trinajstić information content (AvgIpc) is 3.52. The van der Waals surface area contributed by atoms with Gasteiger partial charge in [0.05, 0.1) is 11.5 Å². The molecule has 2 aromatic carbocycles. The molecule has 5 aliphatic rings. The molecule has 2 aliphatic heterocycles. The third kappa shape index (κ3) is 3.80. The van der Waals surface area contributed by atoms with E-state index in [0.29, 0.717) is 36.8 Å². The van der Waals surface area contributed by atoms with Crippen molar-refractivity contribution in [2.24, 2.45) is 5.92 Å². The SMILES string of the molecule is CC(C)(NC(=O)O[C@@]12CCC(=O)[C@@H]3Oc4c(OO)ccc5c4[C@@]31CCN(CC1CC1)[C@@H]2C5)c1nc(-c2ccccc2)no1. The molecule has 2 saturated carbocycles. The number of likely N-dealkylation sites (tertiary alicyclic amines) is 1. The normalized spacial score (nSPS) is 29.0. The first-order valence-electron chi connectivity index (χ1n) is 15.1. The minimum Gasteiger partial charge on any atom is -0.477 e. The lowest BCUT2D eigenvalue weighted by molar-refractivity contribution is -0.189. The average molecular weight is 587 g/mol. The molecule has 0 unspecified atom stereocenters. The van der Waals surface area contributed by atoms with Gasteiger partial charge in [0, 0.05) is 24.1 Å². The molecule has 43 heavy (non-hydrogen) atoms. The number of carbonyl (C=O) groups is 2. The Kier molecular flexibility index (Phi) is 5.74. The van der Waals surface area contributed by atoms with Gasteiger partial charge in [0.15, 0.2) is 17.6 Å². The zero-order valence-electron chi connectivity index (χ0n) is 24.2. The molecule has 1 aromatic heterocycles. The molecule has 4 atom stereocenters. The molecular weight excluding hydrogens is 552 g/mol. The number of ether oxygens (including phenoxy) is 2. The summed E-state index contributed by atoms with van der Waals surface area (Å²) in [6.45, 7) is 5.28. The molecule has 3 aliphatic carbocycles. The number of Topliss-reactive ketones (excluding diaryl/α,β-unsaturated/α-hetero) is 1. The van der Waals surface area contributed by atoms with Gasteiger partial charge in [-0.1, -0.05) is 41.6 Å². The van der Waals surface area contributed by atoms with Crippen LogP contribution in [0.3, 0.4) is 0 Å². The number of carbonyl (C=O) groups excluding carboxylic acids is 2. The van der Waals surface area contributed by atoms with E-state index in [1.54, 1.807) is 19.9 Å². The van der Waals surface area contributed by atoms with Crippen LogP contribution in [0.5, 0.6) is 11.5 Å². The van der Waals surface area contributed by atoms with Gasteiger partial charge in [-0.2, -0.15) is 4.98 Å². The molecule has 2 bridgehead atoms. The van der Waals surface area contributed by atoms with Crippen LogP contribution in [-0.4, -0.2) is 63.0 Å². The Morgan fingerprint density at radius 3 is 2.77 bits per heavy atom. The van der Waals surface area contributed by atoms with Crippen LogP contribution in [0, 0.1) is 5.92 Å². The molecule has 1 spiro atoms. The van der Waals surface area contributed by atoms with Crippen molar-refractivity contribution in [1.82, 2.24) is 20.4 Å². The molecule has 1 saturated heterocycles. The van der Waals surface area contributed by atoms with Gasteiger partial charge in [-0.3, -0.25) is 9.69 Å².